The molecular weight excluding hydrogens is 106 g/mol. The zero-order valence-corrected chi connectivity index (χ0v) is 3.96. The predicted molar refractivity (Wildman–Crippen MR) is 25.3 cm³/mol. The molecule has 40 valence electrons. The third kappa shape index (κ3) is 0.294. The highest BCUT2D eigenvalue weighted by molar-refractivity contribution is 5.48. The molecule has 0 fully saturated rings. The van der Waals surface area contributed by atoms with E-state index in [1.165, 1.54) is 0 Å². The van der Waals surface area contributed by atoms with Crippen molar-refractivity contribution < 1.29 is 4.52 Å². The molecule has 1 N–H and O–H groups in total. The van der Waals surface area contributed by atoms with E-state index in [-0.39, 0.29) is 0 Å². The zero-order chi connectivity index (χ0) is 5.40. The van der Waals surface area contributed by atoms with Gasteiger partial charge in [-0.2, -0.15) is 5.10 Å². The Balaban J connectivity index is 2.84. The fourth-order valence-corrected chi connectivity index (χ4v) is 0.586. The van der Waals surface area contributed by atoms with Crippen LogP contribution in [-0.2, 0) is 0 Å². The number of nitrogens with zero attached hydrogens (tertiary/aromatic N) is 2. The first kappa shape index (κ1) is 3.65. The molecule has 4 nitrogen and oxygen atoms in total. The van der Waals surface area contributed by atoms with Gasteiger partial charge in [-0.25, -0.2) is 5.16 Å². The van der Waals surface area contributed by atoms with E-state index in [0.717, 1.165) is 5.69 Å². The number of hydrogen-bond donors (Lipinski definition) is 1. The van der Waals surface area contributed by atoms with Gasteiger partial charge in [-0.05, 0) is 0 Å². The fourth-order valence-electron chi connectivity index (χ4n) is 0.586. The van der Waals surface area contributed by atoms with Crippen molar-refractivity contribution in [3.8, 4) is 11.5 Å². The first-order valence-corrected chi connectivity index (χ1v) is 2.21. The van der Waals surface area contributed by atoms with Crippen LogP contribution < -0.4 is 0 Å². The van der Waals surface area contributed by atoms with Gasteiger partial charge < -0.3 is 4.52 Å². The molecule has 0 bridgehead atoms. The normalized spacial score (nSPS) is 10.5. The molecule has 2 rings (SSSR count). The third-order valence-corrected chi connectivity index (χ3v) is 0.957. The van der Waals surface area contributed by atoms with E-state index in [2.05, 4.69) is 15.4 Å². The molecule has 2 heterocycles. The number of hydrogen-bond acceptors (Lipinski definition) is 3. The SMILES string of the molecule is c1[nH]oc2cnnc1-2. The molecule has 4 heteroatoms. The van der Waals surface area contributed by atoms with Gasteiger partial charge in [0.2, 0.25) is 5.76 Å². The molecule has 0 spiro atoms. The lowest BCUT2D eigenvalue weighted by Crippen LogP contribution is -1.63. The number of H-pyrrole nitrogens is 1. The summed E-state index contributed by atoms with van der Waals surface area (Å²) in [6.45, 7) is 0. The third-order valence-electron chi connectivity index (χ3n) is 0.957. The Morgan fingerprint density at radius 2 is 2.62 bits per heavy atom. The summed E-state index contributed by atoms with van der Waals surface area (Å²) in [5, 5.41) is 9.84. The molecule has 0 radical (unpaired) electrons. The van der Waals surface area contributed by atoms with Crippen molar-refractivity contribution in [1.82, 2.24) is 15.4 Å². The van der Waals surface area contributed by atoms with Crippen molar-refractivity contribution >= 4 is 0 Å². The van der Waals surface area contributed by atoms with Crippen molar-refractivity contribution in [2.75, 3.05) is 0 Å². The van der Waals surface area contributed by atoms with Gasteiger partial charge in [-0.15, -0.1) is 5.10 Å². The van der Waals surface area contributed by atoms with E-state index < -0.39 is 0 Å². The molecule has 0 unspecified atom stereocenters. The zero-order valence-electron chi connectivity index (χ0n) is 3.96. The molecule has 0 aliphatic carbocycles. The maximum absolute atomic E-state index is 4.81. The summed E-state index contributed by atoms with van der Waals surface area (Å²) >= 11 is 0. The molecule has 0 aromatic carbocycles. The summed E-state index contributed by atoms with van der Waals surface area (Å²) in [5.74, 6) is 0.699. The van der Waals surface area contributed by atoms with E-state index in [9.17, 15) is 0 Å². The highest BCUT2D eigenvalue weighted by Crippen LogP contribution is 2.14. The molecule has 0 saturated carbocycles. The van der Waals surface area contributed by atoms with Crippen LogP contribution in [0.5, 0.6) is 0 Å². The van der Waals surface area contributed by atoms with Crippen molar-refractivity contribution in [3.63, 3.8) is 0 Å². The second kappa shape index (κ2) is 1.09. The molecular formula is C4H3N3O. The molecule has 0 atom stereocenters. The van der Waals surface area contributed by atoms with Crippen LogP contribution in [0.15, 0.2) is 16.9 Å². The van der Waals surface area contributed by atoms with Gasteiger partial charge in [0.1, 0.15) is 0 Å². The van der Waals surface area contributed by atoms with Crippen molar-refractivity contribution in [1.29, 1.82) is 0 Å². The summed E-state index contributed by atoms with van der Waals surface area (Å²) in [6, 6.07) is 0. The number of fused-ring (bicyclic) bond motifs is 1. The maximum atomic E-state index is 4.81. The van der Waals surface area contributed by atoms with Gasteiger partial charge >= 0.3 is 0 Å². The molecule has 0 saturated heterocycles. The van der Waals surface area contributed by atoms with Gasteiger partial charge in [0.05, 0.1) is 12.4 Å². The Morgan fingerprint density at radius 1 is 1.62 bits per heavy atom. The largest absolute Gasteiger partial charge is 0.378 e. The highest BCUT2D eigenvalue weighted by Gasteiger charge is 2.05. The Morgan fingerprint density at radius 3 is 3.50 bits per heavy atom. The Hall–Kier alpha value is -1.32. The minimum Gasteiger partial charge on any atom is -0.378 e. The number of aromatic amines is 1. The molecule has 8 heavy (non-hydrogen) atoms. The first-order chi connectivity index (χ1) is 3.97. The lowest BCUT2D eigenvalue weighted by atomic mass is 10.4. The van der Waals surface area contributed by atoms with Crippen LogP contribution in [0.4, 0.5) is 0 Å². The number of aromatic nitrogens is 3. The lowest BCUT2D eigenvalue weighted by molar-refractivity contribution is 0.434. The first-order valence-electron chi connectivity index (χ1n) is 2.21. The Bertz CT molecular complexity index is 203. The average Bonchev–Trinajstić information content (AvgIpc) is 2.15. The number of rotatable bonds is 0. The van der Waals surface area contributed by atoms with Gasteiger partial charge in [0.15, 0.2) is 5.69 Å². The monoisotopic (exact) mass is 109 g/mol. The standard InChI is InChI=1S/C4H3N3O/c1-3-4(8-6-1)2-5-7-3/h1-2,6H. The van der Waals surface area contributed by atoms with E-state index in [0.29, 0.717) is 5.76 Å². The van der Waals surface area contributed by atoms with Gasteiger partial charge in [-0.1, -0.05) is 0 Å². The van der Waals surface area contributed by atoms with Gasteiger partial charge in [0, 0.05) is 0 Å². The summed E-state index contributed by atoms with van der Waals surface area (Å²) in [7, 11) is 0. The van der Waals surface area contributed by atoms with Crippen LogP contribution in [0.2, 0.25) is 0 Å². The quantitative estimate of drug-likeness (QED) is 0.536. The Kier molecular flexibility index (Phi) is 0.498. The van der Waals surface area contributed by atoms with Crippen LogP contribution in [0.25, 0.3) is 11.5 Å². The van der Waals surface area contributed by atoms with Crippen molar-refractivity contribution in [2.45, 2.75) is 0 Å². The highest BCUT2D eigenvalue weighted by atomic mass is 16.5. The van der Waals surface area contributed by atoms with Crippen LogP contribution in [-0.4, -0.2) is 15.4 Å². The fraction of sp³-hybridized carbons (Fsp3) is 0. The topological polar surface area (TPSA) is 54.7 Å². The summed E-state index contributed by atoms with van der Waals surface area (Å²) in [5.41, 5.74) is 0.769. The van der Waals surface area contributed by atoms with Crippen LogP contribution >= 0.6 is 0 Å². The van der Waals surface area contributed by atoms with E-state index in [4.69, 9.17) is 4.52 Å². The smallest absolute Gasteiger partial charge is 0.204 e. The van der Waals surface area contributed by atoms with Gasteiger partial charge in [0.25, 0.3) is 0 Å². The van der Waals surface area contributed by atoms with Crippen molar-refractivity contribution in [2.24, 2.45) is 0 Å². The molecule has 0 amide bonds. The molecule has 0 aromatic heterocycles. The summed E-state index contributed by atoms with van der Waals surface area (Å²) in [6.07, 6.45) is 3.22. The number of nitrogens with one attached hydrogen (secondary N) is 1. The van der Waals surface area contributed by atoms with E-state index >= 15 is 0 Å². The van der Waals surface area contributed by atoms with Crippen LogP contribution in [0, 0.1) is 0 Å². The molecule has 0 aromatic rings. The predicted octanol–water partition coefficient (Wildman–Crippen LogP) is 0.502. The minimum atomic E-state index is 0.699. The van der Waals surface area contributed by atoms with Crippen LogP contribution in [0.3, 0.4) is 0 Å². The minimum absolute atomic E-state index is 0.699. The lowest BCUT2D eigenvalue weighted by Gasteiger charge is -1.69. The van der Waals surface area contributed by atoms with Gasteiger partial charge in [-0.3, -0.25) is 0 Å². The second-order valence-corrected chi connectivity index (χ2v) is 1.46. The molecule has 2 aliphatic heterocycles. The van der Waals surface area contributed by atoms with Crippen molar-refractivity contribution in [3.05, 3.63) is 12.4 Å². The average molecular weight is 109 g/mol. The van der Waals surface area contributed by atoms with Crippen LogP contribution in [0.1, 0.15) is 0 Å². The summed E-state index contributed by atoms with van der Waals surface area (Å²) < 4.78 is 4.81. The van der Waals surface area contributed by atoms with E-state index in [1.54, 1.807) is 12.4 Å². The summed E-state index contributed by atoms with van der Waals surface area (Å²) in [4.78, 5) is 0. The second-order valence-electron chi connectivity index (χ2n) is 1.46. The van der Waals surface area contributed by atoms with E-state index in [1.807, 2.05) is 0 Å². The maximum Gasteiger partial charge on any atom is 0.204 e. The molecule has 2 aliphatic rings. The Labute approximate surface area is 44.8 Å².